The molecule has 0 spiro atoms. The number of nitrogens with two attached hydrogens (primary N) is 1. The van der Waals surface area contributed by atoms with E-state index in [1.165, 1.54) is 0 Å². The maximum absolute atomic E-state index is 11.7. The molecule has 1 rings (SSSR count). The monoisotopic (exact) mass is 321 g/mol. The molecule has 11 heteroatoms. The van der Waals surface area contributed by atoms with Gasteiger partial charge in [-0.15, -0.1) is 0 Å². The highest BCUT2D eigenvalue weighted by atomic mass is 32.1. The molecule has 10 nitrogen and oxygen atoms in total. The number of rotatable bonds is 1. The zero-order valence-corrected chi connectivity index (χ0v) is 11.8. The van der Waals surface area contributed by atoms with Gasteiger partial charge in [0.1, 0.15) is 18.6 Å². The van der Waals surface area contributed by atoms with Crippen molar-refractivity contribution in [2.45, 2.75) is 24.9 Å². The van der Waals surface area contributed by atoms with Crippen LogP contribution < -0.4 is 16.4 Å². The highest BCUT2D eigenvalue weighted by Gasteiger charge is 2.24. The van der Waals surface area contributed by atoms with Crippen LogP contribution in [0.5, 0.6) is 0 Å². The van der Waals surface area contributed by atoms with Crippen molar-refractivity contribution in [1.82, 2.24) is 10.6 Å². The van der Waals surface area contributed by atoms with E-state index in [1.807, 2.05) is 0 Å². The van der Waals surface area contributed by atoms with Crippen LogP contribution in [0.4, 0.5) is 0 Å². The largest absolute Gasteiger partial charge is 0.365 e. The Kier molecular flexibility index (Phi) is 6.91. The predicted octanol–water partition coefficient (Wildman–Crippen LogP) is -2.43. The molecule has 118 valence electrons. The van der Waals surface area contributed by atoms with Gasteiger partial charge in [0, 0.05) is 17.2 Å². The normalized spacial score (nSPS) is 26.0. The molecule has 0 aromatic rings. The predicted molar refractivity (Wildman–Crippen MR) is 69.3 cm³/mol. The van der Waals surface area contributed by atoms with Crippen LogP contribution in [0.2, 0.25) is 0 Å². The van der Waals surface area contributed by atoms with Crippen LogP contribution in [0.15, 0.2) is 0 Å². The van der Waals surface area contributed by atoms with Crippen LogP contribution in [0.3, 0.4) is 0 Å². The topological polar surface area (TPSA) is 146 Å². The van der Waals surface area contributed by atoms with Crippen LogP contribution in [0, 0.1) is 0 Å². The highest BCUT2D eigenvalue weighted by molar-refractivity contribution is 7.80. The van der Waals surface area contributed by atoms with Gasteiger partial charge < -0.3 is 16.4 Å². The molecule has 0 bridgehead atoms. The molecule has 2 unspecified atom stereocenters. The fourth-order valence-electron chi connectivity index (χ4n) is 1.33. The van der Waals surface area contributed by atoms with Gasteiger partial charge in [0.2, 0.25) is 11.8 Å². The number of thiol groups is 1. The first kappa shape index (κ1) is 17.2. The van der Waals surface area contributed by atoms with E-state index in [1.54, 1.807) is 0 Å². The summed E-state index contributed by atoms with van der Waals surface area (Å²) in [4.78, 5) is 54.0. The molecule has 1 aliphatic heterocycles. The van der Waals surface area contributed by atoms with Crippen LogP contribution in [-0.4, -0.2) is 48.1 Å². The Hall–Kier alpha value is -1.85. The molecule has 1 saturated heterocycles. The Balaban J connectivity index is 2.71. The van der Waals surface area contributed by atoms with Crippen molar-refractivity contribution in [3.05, 3.63) is 0 Å². The van der Waals surface area contributed by atoms with Crippen molar-refractivity contribution in [2.24, 2.45) is 5.73 Å². The lowest BCUT2D eigenvalue weighted by molar-refractivity contribution is -0.459. The molecule has 1 aliphatic rings. The van der Waals surface area contributed by atoms with Crippen molar-refractivity contribution < 1.29 is 34.0 Å². The average Bonchev–Trinajstić information content (AvgIpc) is 2.46. The fourth-order valence-corrected chi connectivity index (χ4v) is 1.58. The summed E-state index contributed by atoms with van der Waals surface area (Å²) in [5, 5.41) is 8.55. The second kappa shape index (κ2) is 8.44. The van der Waals surface area contributed by atoms with E-state index in [2.05, 4.69) is 38.1 Å². The number of amides is 2. The zero-order valence-electron chi connectivity index (χ0n) is 10.9. The van der Waals surface area contributed by atoms with E-state index in [4.69, 9.17) is 5.73 Å². The first-order valence-electron chi connectivity index (χ1n) is 5.95. The number of hydrogen-bond donors (Lipinski definition) is 4. The standard InChI is InChI=1S/C10H15N3O7S/c11-5-1-2-7(14)13-6(4-21)9(16)12-3-8(15)18-20-19-10(5)17/h5-6,21H,1-4,11H2,(H,12,16)(H,13,14). The van der Waals surface area contributed by atoms with Crippen molar-refractivity contribution in [1.29, 1.82) is 0 Å². The molecule has 0 radical (unpaired) electrons. The average molecular weight is 321 g/mol. The molecule has 0 aliphatic carbocycles. The van der Waals surface area contributed by atoms with Gasteiger partial charge in [-0.2, -0.15) is 12.6 Å². The van der Waals surface area contributed by atoms with Gasteiger partial charge in [-0.1, -0.05) is 0 Å². The Morgan fingerprint density at radius 1 is 1.24 bits per heavy atom. The van der Waals surface area contributed by atoms with E-state index in [-0.39, 0.29) is 18.6 Å². The van der Waals surface area contributed by atoms with E-state index in [0.29, 0.717) is 0 Å². The Morgan fingerprint density at radius 2 is 1.95 bits per heavy atom. The molecular formula is C10H15N3O7S. The van der Waals surface area contributed by atoms with E-state index in [9.17, 15) is 19.2 Å². The minimum absolute atomic E-state index is 0.0250. The Morgan fingerprint density at radius 3 is 2.62 bits per heavy atom. The molecule has 2 amide bonds. The lowest BCUT2D eigenvalue weighted by Gasteiger charge is -2.17. The third-order valence-corrected chi connectivity index (χ3v) is 2.83. The second-order valence-electron chi connectivity index (χ2n) is 4.09. The maximum Gasteiger partial charge on any atom is 0.365 e. The summed E-state index contributed by atoms with van der Waals surface area (Å²) in [6.07, 6.45) is -0.142. The van der Waals surface area contributed by atoms with Crippen molar-refractivity contribution in [3.63, 3.8) is 0 Å². The summed E-state index contributed by atoms with van der Waals surface area (Å²) in [5.41, 5.74) is 5.45. The zero-order chi connectivity index (χ0) is 15.8. The fraction of sp³-hybridized carbons (Fsp3) is 0.600. The van der Waals surface area contributed by atoms with Crippen LogP contribution in [0.25, 0.3) is 0 Å². The molecule has 21 heavy (non-hydrogen) atoms. The van der Waals surface area contributed by atoms with Crippen LogP contribution >= 0.6 is 12.6 Å². The molecule has 0 aromatic heterocycles. The lowest BCUT2D eigenvalue weighted by atomic mass is 10.1. The minimum atomic E-state index is -1.14. The summed E-state index contributed by atoms with van der Waals surface area (Å²) in [7, 11) is 0. The lowest BCUT2D eigenvalue weighted by Crippen LogP contribution is -2.49. The molecular weight excluding hydrogens is 306 g/mol. The quantitative estimate of drug-likeness (QED) is 0.308. The molecule has 2 atom stereocenters. The first-order chi connectivity index (χ1) is 9.93. The molecule has 0 aromatic carbocycles. The Labute approximate surface area is 124 Å². The smallest absolute Gasteiger partial charge is 0.344 e. The summed E-state index contributed by atoms with van der Waals surface area (Å²) in [6, 6.07) is -2.07. The van der Waals surface area contributed by atoms with E-state index in [0.717, 1.165) is 0 Å². The summed E-state index contributed by atoms with van der Waals surface area (Å²) in [5.74, 6) is -3.09. The minimum Gasteiger partial charge on any atom is -0.344 e. The van der Waals surface area contributed by atoms with E-state index >= 15 is 0 Å². The van der Waals surface area contributed by atoms with Gasteiger partial charge >= 0.3 is 11.9 Å². The van der Waals surface area contributed by atoms with Crippen LogP contribution in [0.1, 0.15) is 12.8 Å². The number of carbonyl (C=O) groups is 4. The highest BCUT2D eigenvalue weighted by Crippen LogP contribution is 2.00. The molecule has 1 fully saturated rings. The number of carbonyl (C=O) groups excluding carboxylic acids is 4. The third kappa shape index (κ3) is 5.97. The van der Waals surface area contributed by atoms with Crippen molar-refractivity contribution in [3.8, 4) is 0 Å². The van der Waals surface area contributed by atoms with Gasteiger partial charge in [0.15, 0.2) is 0 Å². The third-order valence-electron chi connectivity index (χ3n) is 2.47. The Bertz CT molecular complexity index is 431. The summed E-state index contributed by atoms with van der Waals surface area (Å²) >= 11 is 3.93. The summed E-state index contributed by atoms with van der Waals surface area (Å²) < 4.78 is 0. The van der Waals surface area contributed by atoms with Crippen molar-refractivity contribution >= 4 is 36.4 Å². The van der Waals surface area contributed by atoms with Crippen LogP contribution in [-0.2, 0) is 34.0 Å². The van der Waals surface area contributed by atoms with Gasteiger partial charge in [0.05, 0.1) is 0 Å². The summed E-state index contributed by atoms with van der Waals surface area (Å²) in [6.45, 7) is -0.539. The molecule has 0 saturated carbocycles. The first-order valence-corrected chi connectivity index (χ1v) is 6.58. The van der Waals surface area contributed by atoms with Gasteiger partial charge in [-0.25, -0.2) is 9.59 Å². The molecule has 4 N–H and O–H groups in total. The number of hydrogen-bond acceptors (Lipinski definition) is 9. The molecule has 1 heterocycles. The number of nitrogens with one attached hydrogen (secondary N) is 2. The van der Waals surface area contributed by atoms with Gasteiger partial charge in [0.25, 0.3) is 0 Å². The second-order valence-corrected chi connectivity index (χ2v) is 4.46. The van der Waals surface area contributed by atoms with Crippen molar-refractivity contribution in [2.75, 3.05) is 12.3 Å². The van der Waals surface area contributed by atoms with Gasteiger partial charge in [-0.05, 0) is 6.42 Å². The van der Waals surface area contributed by atoms with Gasteiger partial charge in [-0.3, -0.25) is 19.4 Å². The maximum atomic E-state index is 11.7. The van der Waals surface area contributed by atoms with E-state index < -0.39 is 42.4 Å². The SMILES string of the molecule is NC1CCC(=O)NC(CS)C(=O)NCC(=O)OOOC1=O.